The van der Waals surface area contributed by atoms with Crippen LogP contribution in [0.25, 0.3) is 0 Å². The number of pyridine rings is 1. The Balaban J connectivity index is 0.000000690. The topological polar surface area (TPSA) is 59.5 Å². The van der Waals surface area contributed by atoms with Gasteiger partial charge in [-0.3, -0.25) is 9.78 Å². The van der Waals surface area contributed by atoms with E-state index in [0.717, 1.165) is 19.3 Å². The van der Waals surface area contributed by atoms with E-state index in [0.29, 0.717) is 12.2 Å². The number of unbranched alkanes of at least 4 members (excludes halogenated alkanes) is 4. The maximum atomic E-state index is 11.5. The minimum absolute atomic E-state index is 0.252. The first-order valence-electron chi connectivity index (χ1n) is 7.30. The molecule has 0 saturated carbocycles. The summed E-state index contributed by atoms with van der Waals surface area (Å²) in [5.74, 6) is -0.252. The molecule has 1 rings (SSSR count). The molecule has 0 aliphatic heterocycles. The Morgan fingerprint density at radius 1 is 1.19 bits per heavy atom. The average Bonchev–Trinajstić information content (AvgIpc) is 2.52. The van der Waals surface area contributed by atoms with Crippen LogP contribution in [0.4, 0.5) is 0 Å². The highest BCUT2D eigenvalue weighted by molar-refractivity contribution is 5.89. The van der Waals surface area contributed by atoms with Gasteiger partial charge in [0, 0.05) is 26.5 Å². The maximum Gasteiger partial charge on any atom is 0.338 e. The van der Waals surface area contributed by atoms with Gasteiger partial charge in [-0.15, -0.1) is 0 Å². The summed E-state index contributed by atoms with van der Waals surface area (Å²) in [6, 6.07) is 3.33. The average molecular weight is 294 g/mol. The number of carbonyl (C=O) groups is 2. The molecule has 1 amide bonds. The molecular formula is C16H26N2O3. The lowest BCUT2D eigenvalue weighted by atomic mass is 10.2. The molecule has 0 N–H and O–H groups in total. The summed E-state index contributed by atoms with van der Waals surface area (Å²) in [6.07, 6.45) is 9.75. The Kier molecular flexibility index (Phi) is 11.9. The smallest absolute Gasteiger partial charge is 0.338 e. The first-order valence-corrected chi connectivity index (χ1v) is 7.30. The van der Waals surface area contributed by atoms with Crippen LogP contribution in [0.3, 0.4) is 0 Å². The van der Waals surface area contributed by atoms with E-state index in [-0.39, 0.29) is 5.97 Å². The molecular weight excluding hydrogens is 268 g/mol. The van der Waals surface area contributed by atoms with E-state index in [1.54, 1.807) is 38.6 Å². The summed E-state index contributed by atoms with van der Waals surface area (Å²) in [5.41, 5.74) is 0.573. The zero-order chi connectivity index (χ0) is 15.9. The number of esters is 1. The normalized spacial score (nSPS) is 9.29. The predicted octanol–water partition coefficient (Wildman–Crippen LogP) is 2.91. The van der Waals surface area contributed by atoms with Crippen LogP contribution in [0.5, 0.6) is 0 Å². The third-order valence-corrected chi connectivity index (χ3v) is 2.61. The number of hydrogen-bond acceptors (Lipinski definition) is 4. The van der Waals surface area contributed by atoms with Crippen molar-refractivity contribution in [3.63, 3.8) is 0 Å². The van der Waals surface area contributed by atoms with Gasteiger partial charge in [-0.2, -0.15) is 0 Å². The van der Waals surface area contributed by atoms with E-state index < -0.39 is 0 Å². The summed E-state index contributed by atoms with van der Waals surface area (Å²) in [5, 5.41) is 0. The lowest BCUT2D eigenvalue weighted by Gasteiger charge is -2.04. The molecule has 0 aliphatic rings. The minimum Gasteiger partial charge on any atom is -0.462 e. The van der Waals surface area contributed by atoms with Crippen LogP contribution in [0.2, 0.25) is 0 Å². The molecule has 118 valence electrons. The van der Waals surface area contributed by atoms with Crippen molar-refractivity contribution in [3.05, 3.63) is 30.1 Å². The van der Waals surface area contributed by atoms with Gasteiger partial charge >= 0.3 is 5.97 Å². The summed E-state index contributed by atoms with van der Waals surface area (Å²) in [7, 11) is 3.38. The van der Waals surface area contributed by atoms with Gasteiger partial charge in [0.2, 0.25) is 6.41 Å². The molecule has 0 atom stereocenters. The van der Waals surface area contributed by atoms with Crippen molar-refractivity contribution in [2.75, 3.05) is 20.7 Å². The molecule has 0 bridgehead atoms. The van der Waals surface area contributed by atoms with Crippen molar-refractivity contribution in [2.24, 2.45) is 0 Å². The van der Waals surface area contributed by atoms with Crippen LogP contribution in [-0.4, -0.2) is 43.0 Å². The number of rotatable bonds is 8. The van der Waals surface area contributed by atoms with Crippen molar-refractivity contribution in [1.29, 1.82) is 0 Å². The van der Waals surface area contributed by atoms with Gasteiger partial charge in [0.05, 0.1) is 12.2 Å². The van der Waals surface area contributed by atoms with E-state index in [1.165, 1.54) is 24.2 Å². The van der Waals surface area contributed by atoms with Crippen LogP contribution >= 0.6 is 0 Å². The molecule has 1 aromatic rings. The maximum absolute atomic E-state index is 11.5. The SMILES string of the molecule is CCCCCCCOC(=O)c1ccncc1.CN(C)C=O. The van der Waals surface area contributed by atoms with Gasteiger partial charge in [-0.05, 0) is 18.6 Å². The Morgan fingerprint density at radius 2 is 1.76 bits per heavy atom. The first-order chi connectivity index (χ1) is 10.1. The second-order valence-corrected chi connectivity index (χ2v) is 4.86. The second-order valence-electron chi connectivity index (χ2n) is 4.86. The van der Waals surface area contributed by atoms with Crippen molar-refractivity contribution in [3.8, 4) is 0 Å². The lowest BCUT2D eigenvalue weighted by molar-refractivity contribution is -0.115. The molecule has 0 unspecified atom stereocenters. The molecule has 0 spiro atoms. The summed E-state index contributed by atoms with van der Waals surface area (Å²) < 4.78 is 5.14. The monoisotopic (exact) mass is 294 g/mol. The van der Waals surface area contributed by atoms with Crippen LogP contribution < -0.4 is 0 Å². The van der Waals surface area contributed by atoms with E-state index in [2.05, 4.69) is 11.9 Å². The van der Waals surface area contributed by atoms with E-state index >= 15 is 0 Å². The standard InChI is InChI=1S/C13H19NO2.C3H7NO/c1-2-3-4-5-6-11-16-13(15)12-7-9-14-10-8-12;1-4(2)3-5/h7-10H,2-6,11H2,1H3;3H,1-2H3. The van der Waals surface area contributed by atoms with Crippen LogP contribution in [-0.2, 0) is 9.53 Å². The molecule has 1 aromatic heterocycles. The number of amides is 1. The Morgan fingerprint density at radius 3 is 2.29 bits per heavy atom. The minimum atomic E-state index is -0.252. The van der Waals surface area contributed by atoms with Gasteiger partial charge in [0.25, 0.3) is 0 Å². The van der Waals surface area contributed by atoms with Crippen molar-refractivity contribution >= 4 is 12.4 Å². The molecule has 0 saturated heterocycles. The zero-order valence-electron chi connectivity index (χ0n) is 13.2. The molecule has 0 fully saturated rings. The Labute approximate surface area is 127 Å². The van der Waals surface area contributed by atoms with Crippen molar-refractivity contribution < 1.29 is 14.3 Å². The molecule has 1 heterocycles. The van der Waals surface area contributed by atoms with E-state index in [9.17, 15) is 9.59 Å². The fraction of sp³-hybridized carbons (Fsp3) is 0.562. The molecule has 5 heteroatoms. The Hall–Kier alpha value is -1.91. The van der Waals surface area contributed by atoms with Gasteiger partial charge in [0.1, 0.15) is 0 Å². The van der Waals surface area contributed by atoms with Crippen molar-refractivity contribution in [2.45, 2.75) is 39.0 Å². The quantitative estimate of drug-likeness (QED) is 0.420. The predicted molar refractivity (Wildman–Crippen MR) is 83.0 cm³/mol. The fourth-order valence-electron chi connectivity index (χ4n) is 1.44. The summed E-state index contributed by atoms with van der Waals surface area (Å²) >= 11 is 0. The van der Waals surface area contributed by atoms with Crippen LogP contribution in [0.1, 0.15) is 49.4 Å². The molecule has 5 nitrogen and oxygen atoms in total. The number of aromatic nitrogens is 1. The molecule has 0 aromatic carbocycles. The van der Waals surface area contributed by atoms with Gasteiger partial charge in [-0.25, -0.2) is 4.79 Å². The second kappa shape index (κ2) is 13.1. The van der Waals surface area contributed by atoms with Crippen LogP contribution in [0.15, 0.2) is 24.5 Å². The van der Waals surface area contributed by atoms with E-state index in [4.69, 9.17) is 4.74 Å². The highest BCUT2D eigenvalue weighted by Crippen LogP contribution is 2.04. The number of ether oxygens (including phenoxy) is 1. The fourth-order valence-corrected chi connectivity index (χ4v) is 1.44. The summed E-state index contributed by atoms with van der Waals surface area (Å²) in [4.78, 5) is 26.2. The van der Waals surface area contributed by atoms with E-state index in [1.807, 2.05) is 0 Å². The Bertz CT molecular complexity index is 380. The van der Waals surface area contributed by atoms with Gasteiger partial charge in [-0.1, -0.05) is 32.6 Å². The van der Waals surface area contributed by atoms with Gasteiger partial charge < -0.3 is 9.64 Å². The lowest BCUT2D eigenvalue weighted by Crippen LogP contribution is -2.06. The number of carbonyl (C=O) groups excluding carboxylic acids is 2. The molecule has 21 heavy (non-hydrogen) atoms. The highest BCUT2D eigenvalue weighted by Gasteiger charge is 2.04. The first kappa shape index (κ1) is 19.1. The van der Waals surface area contributed by atoms with Crippen molar-refractivity contribution in [1.82, 2.24) is 9.88 Å². The third kappa shape index (κ3) is 11.6. The van der Waals surface area contributed by atoms with Gasteiger partial charge in [0.15, 0.2) is 0 Å². The summed E-state index contributed by atoms with van der Waals surface area (Å²) in [6.45, 7) is 2.70. The highest BCUT2D eigenvalue weighted by atomic mass is 16.5. The largest absolute Gasteiger partial charge is 0.462 e. The zero-order valence-corrected chi connectivity index (χ0v) is 13.2. The van der Waals surface area contributed by atoms with Crippen LogP contribution in [0, 0.1) is 0 Å². The third-order valence-electron chi connectivity index (χ3n) is 2.61. The molecule has 0 aliphatic carbocycles. The number of hydrogen-bond donors (Lipinski definition) is 0. The molecule has 0 radical (unpaired) electrons. The number of nitrogens with zero attached hydrogens (tertiary/aromatic N) is 2.